The van der Waals surface area contributed by atoms with Crippen molar-refractivity contribution in [2.45, 2.75) is 293 Å². The van der Waals surface area contributed by atoms with Crippen molar-refractivity contribution in [1.82, 2.24) is 0 Å². The Kier molecular flexibility index (Phi) is 50.1. The summed E-state index contributed by atoms with van der Waals surface area (Å²) in [5.41, 5.74) is 3.77. The van der Waals surface area contributed by atoms with Crippen LogP contribution in [0.2, 0.25) is 0 Å². The van der Waals surface area contributed by atoms with E-state index in [4.69, 9.17) is 13.6 Å². The zero-order chi connectivity index (χ0) is 59.9. The van der Waals surface area contributed by atoms with Gasteiger partial charge in [0.05, 0.1) is 0 Å². The summed E-state index contributed by atoms with van der Waals surface area (Å²) >= 11 is 0. The molecule has 0 amide bonds. The molecule has 0 bridgehead atoms. The molecule has 3 aromatic rings. The first-order valence-electron chi connectivity index (χ1n) is 33.3. The Labute approximate surface area is 515 Å². The summed E-state index contributed by atoms with van der Waals surface area (Å²) in [4.78, 5) is 37.0. The zero-order valence-electron chi connectivity index (χ0n) is 53.6. The minimum Gasteiger partial charge on any atom is -0.769 e. The van der Waals surface area contributed by atoms with Crippen LogP contribution in [0.3, 0.4) is 0 Å². The summed E-state index contributed by atoms with van der Waals surface area (Å²) in [5, 5.41) is 0. The molecule has 82 heavy (non-hydrogen) atoms. The third-order valence-corrected chi connectivity index (χ3v) is 20.1. The molecule has 0 heterocycles. The van der Waals surface area contributed by atoms with Crippen molar-refractivity contribution in [3.63, 3.8) is 0 Å². The molecule has 0 saturated heterocycles. The van der Waals surface area contributed by atoms with E-state index < -0.39 is 22.8 Å². The van der Waals surface area contributed by atoms with Crippen molar-refractivity contribution in [3.8, 4) is 17.2 Å². The van der Waals surface area contributed by atoms with Gasteiger partial charge in [0.1, 0.15) is 17.2 Å². The fraction of sp³-hybridized carbons (Fsp3) is 0.739. The minimum absolute atomic E-state index is 0. The van der Waals surface area contributed by atoms with Crippen molar-refractivity contribution in [2.75, 3.05) is 18.5 Å². The van der Waals surface area contributed by atoms with Gasteiger partial charge in [0.15, 0.2) is 22.8 Å². The molecule has 0 aliphatic carbocycles. The Morgan fingerprint density at radius 3 is 0.695 bits per heavy atom. The number of hydrogen-bond donors (Lipinski definition) is 0. The van der Waals surface area contributed by atoms with Gasteiger partial charge in [0.2, 0.25) is 0 Å². The van der Waals surface area contributed by atoms with Crippen LogP contribution in [0.1, 0.15) is 291 Å². The van der Waals surface area contributed by atoms with E-state index >= 15 is 0 Å². The molecule has 1 radical (unpaired) electrons. The normalized spacial score (nSPS) is 14.5. The molecule has 0 spiro atoms. The Balaban J connectivity index is 0.00000119. The van der Waals surface area contributed by atoms with Crippen LogP contribution in [-0.2, 0) is 50.0 Å². The summed E-state index contributed by atoms with van der Waals surface area (Å²) in [6.07, 6.45) is 43.0. The largest absolute Gasteiger partial charge is 3.00 e. The Morgan fingerprint density at radius 1 is 0.305 bits per heavy atom. The van der Waals surface area contributed by atoms with E-state index in [1.807, 2.05) is 36.4 Å². The third-order valence-electron chi connectivity index (χ3n) is 15.8. The monoisotopic (exact) mass is 1240 g/mol. The first-order chi connectivity index (χ1) is 39.0. The van der Waals surface area contributed by atoms with Gasteiger partial charge in [-0.3, -0.25) is 13.7 Å². The summed E-state index contributed by atoms with van der Waals surface area (Å²) in [5.74, 6) is 1.94. The average Bonchev–Trinajstić information content (AvgIpc) is 3.45. The van der Waals surface area contributed by atoms with Gasteiger partial charge < -0.3 is 28.3 Å². The number of rotatable bonds is 48. The van der Waals surface area contributed by atoms with Gasteiger partial charge in [-0.2, -0.15) is 0 Å². The first-order valence-corrected chi connectivity index (χ1v) is 38.5. The molecule has 0 aromatic heterocycles. The predicted octanol–water partition coefficient (Wildman–Crippen LogP) is 21.4. The standard InChI is InChI=1S/3C23H41O3P.Fe/c3*1-4-7-9-10-11-12-13-15-22-16-18-23(19-17-22)26-27(24,25)20-21(6-3)14-8-5-2;/h3*16-19,21H,4-15,20H2,1-3H3,(H,24,25);/q;;;+3/p-3. The number of unbranched alkanes of at least 4 members (excludes halogenated alkanes) is 21. The van der Waals surface area contributed by atoms with Crippen molar-refractivity contribution in [3.05, 3.63) is 89.5 Å². The Hall–Kier alpha value is -1.85. The molecule has 13 heteroatoms. The molecule has 0 aliphatic rings. The van der Waals surface area contributed by atoms with Gasteiger partial charge in [-0.25, -0.2) is 0 Å². The number of hydrogen-bond acceptors (Lipinski definition) is 9. The van der Waals surface area contributed by atoms with Crippen LogP contribution in [0.4, 0.5) is 0 Å². The van der Waals surface area contributed by atoms with E-state index in [1.54, 1.807) is 36.4 Å². The molecule has 6 atom stereocenters. The van der Waals surface area contributed by atoms with E-state index in [9.17, 15) is 28.4 Å². The van der Waals surface area contributed by atoms with E-state index in [0.29, 0.717) is 17.2 Å². The van der Waals surface area contributed by atoms with Crippen LogP contribution < -0.4 is 28.3 Å². The van der Waals surface area contributed by atoms with Crippen molar-refractivity contribution in [2.24, 2.45) is 17.8 Å². The molecule has 3 rings (SSSR count). The molecule has 473 valence electrons. The van der Waals surface area contributed by atoms with Gasteiger partial charge >= 0.3 is 17.1 Å². The molecule has 0 N–H and O–H groups in total. The molecule has 0 aliphatic heterocycles. The van der Waals surface area contributed by atoms with Gasteiger partial charge in [0.25, 0.3) is 0 Å². The van der Waals surface area contributed by atoms with E-state index in [-0.39, 0.29) is 53.3 Å². The third kappa shape index (κ3) is 43.7. The Bertz CT molecular complexity index is 1820. The van der Waals surface area contributed by atoms with Gasteiger partial charge in [-0.05, 0) is 129 Å². The van der Waals surface area contributed by atoms with Gasteiger partial charge in [-0.1, -0.05) is 272 Å². The van der Waals surface area contributed by atoms with Crippen molar-refractivity contribution >= 4 is 22.8 Å². The van der Waals surface area contributed by atoms with Crippen molar-refractivity contribution < 1.29 is 59.0 Å². The molecule has 6 unspecified atom stereocenters. The molecule has 0 saturated carbocycles. The molecular weight excluding hydrogens is 1120 g/mol. The number of benzene rings is 3. The van der Waals surface area contributed by atoms with Gasteiger partial charge in [0, 0.05) is 18.5 Å². The smallest absolute Gasteiger partial charge is 0.769 e. The quantitative estimate of drug-likeness (QED) is 0.0306. The minimum atomic E-state index is -3.83. The topological polar surface area (TPSA) is 148 Å². The fourth-order valence-corrected chi connectivity index (χ4v) is 15.1. The second-order valence-corrected chi connectivity index (χ2v) is 28.8. The predicted molar refractivity (Wildman–Crippen MR) is 344 cm³/mol. The van der Waals surface area contributed by atoms with Crippen LogP contribution in [0.5, 0.6) is 17.2 Å². The molecule has 9 nitrogen and oxygen atoms in total. The van der Waals surface area contributed by atoms with Crippen molar-refractivity contribution in [1.29, 1.82) is 0 Å². The maximum atomic E-state index is 12.3. The van der Waals surface area contributed by atoms with Crippen LogP contribution in [0.25, 0.3) is 0 Å². The molecule has 3 aromatic carbocycles. The SMILES string of the molecule is CCCCCCCCCc1ccc(OP(=O)([O-])CC(CC)CCCC)cc1.CCCCCCCCCc1ccc(OP(=O)([O-])CC(CC)CCCC)cc1.CCCCCCCCCc1ccc(OP(=O)([O-])CC(CC)CCCC)cc1.[Fe+3]. The average molecular weight is 1240 g/mol. The van der Waals surface area contributed by atoms with E-state index in [1.165, 1.54) is 152 Å². The van der Waals surface area contributed by atoms with Crippen LogP contribution in [0.15, 0.2) is 72.8 Å². The second kappa shape index (κ2) is 51.2. The van der Waals surface area contributed by atoms with Gasteiger partial charge in [-0.15, -0.1) is 0 Å². The van der Waals surface area contributed by atoms with Crippen LogP contribution >= 0.6 is 22.8 Å². The Morgan fingerprint density at radius 2 is 0.500 bits per heavy atom. The zero-order valence-corrected chi connectivity index (χ0v) is 57.4. The summed E-state index contributed by atoms with van der Waals surface area (Å²) in [6, 6.07) is 22.8. The maximum absolute atomic E-state index is 12.3. The van der Waals surface area contributed by atoms with E-state index in [0.717, 1.165) is 96.3 Å². The summed E-state index contributed by atoms with van der Waals surface area (Å²) in [7, 11) is -11.5. The first kappa shape index (κ1) is 80.1. The van der Waals surface area contributed by atoms with Crippen LogP contribution in [-0.4, -0.2) is 18.5 Å². The fourth-order valence-electron chi connectivity index (χ4n) is 10.3. The second-order valence-electron chi connectivity index (χ2n) is 23.4. The number of aryl methyl sites for hydroxylation is 3. The van der Waals surface area contributed by atoms with E-state index in [2.05, 4.69) is 62.3 Å². The molecular formula is C69H120FeO9P3. The summed E-state index contributed by atoms with van der Waals surface area (Å²) < 4.78 is 53.1. The molecule has 0 fully saturated rings. The summed E-state index contributed by atoms with van der Waals surface area (Å²) in [6.45, 7) is 19.3. The maximum Gasteiger partial charge on any atom is 3.00 e. The van der Waals surface area contributed by atoms with Crippen LogP contribution in [0, 0.1) is 17.8 Å².